The first-order chi connectivity index (χ1) is 10.8. The van der Waals surface area contributed by atoms with E-state index < -0.39 is 6.17 Å². The van der Waals surface area contributed by atoms with E-state index in [1.165, 1.54) is 6.26 Å². The molecule has 0 spiro atoms. The van der Waals surface area contributed by atoms with Gasteiger partial charge in [0.05, 0.1) is 19.4 Å². The molecular weight excluding hydrogens is 280 g/mol. The normalized spacial score (nSPS) is 16.4. The van der Waals surface area contributed by atoms with Crippen LogP contribution < -0.4 is 10.2 Å². The Bertz CT molecular complexity index is 631. The minimum atomic E-state index is -0.567. The fourth-order valence-corrected chi connectivity index (χ4v) is 2.85. The Morgan fingerprint density at radius 1 is 1.05 bits per heavy atom. The summed E-state index contributed by atoms with van der Waals surface area (Å²) in [7, 11) is 0. The van der Waals surface area contributed by atoms with Crippen molar-refractivity contribution in [1.82, 2.24) is 5.32 Å². The molecule has 2 heterocycles. The molecule has 2 N–H and O–H groups in total. The van der Waals surface area contributed by atoms with E-state index in [4.69, 9.17) is 4.42 Å². The summed E-state index contributed by atoms with van der Waals surface area (Å²) in [6.07, 6.45) is 3.03. The largest absolute Gasteiger partial charge is 0.459 e. The number of hydrogen-bond acceptors (Lipinski definition) is 3. The van der Waals surface area contributed by atoms with E-state index in [2.05, 4.69) is 5.32 Å². The number of nitrogens with one attached hydrogen (secondary N) is 2. The van der Waals surface area contributed by atoms with Crippen molar-refractivity contribution in [3.05, 3.63) is 60.1 Å². The van der Waals surface area contributed by atoms with E-state index in [1.54, 1.807) is 24.3 Å². The van der Waals surface area contributed by atoms with Crippen LogP contribution in [0.25, 0.3) is 0 Å². The first-order valence-corrected chi connectivity index (χ1v) is 7.54. The molecule has 5 nitrogen and oxygen atoms in total. The van der Waals surface area contributed by atoms with Crippen LogP contribution in [0.3, 0.4) is 0 Å². The molecule has 0 saturated carbocycles. The summed E-state index contributed by atoms with van der Waals surface area (Å²) in [5, 5.41) is 2.84. The van der Waals surface area contributed by atoms with Gasteiger partial charge in [-0.05, 0) is 12.1 Å². The molecule has 1 aliphatic rings. The zero-order valence-corrected chi connectivity index (χ0v) is 12.2. The number of quaternary nitrogens is 1. The average molecular weight is 299 g/mol. The van der Waals surface area contributed by atoms with E-state index in [1.807, 2.05) is 18.2 Å². The highest BCUT2D eigenvalue weighted by Crippen LogP contribution is 2.05. The summed E-state index contributed by atoms with van der Waals surface area (Å²) < 4.78 is 5.11. The van der Waals surface area contributed by atoms with Gasteiger partial charge in [-0.3, -0.25) is 14.9 Å². The second kappa shape index (κ2) is 6.58. The number of Topliss-reactive ketones (excluding diaryl/α,β-unsaturated/α-hetero) is 1. The molecule has 1 atom stereocenters. The molecular formula is C17H19N2O3+. The summed E-state index contributed by atoms with van der Waals surface area (Å²) in [5.74, 6) is -0.180. The Morgan fingerprint density at radius 2 is 1.77 bits per heavy atom. The molecule has 0 aliphatic carbocycles. The topological polar surface area (TPSA) is 63.8 Å². The maximum absolute atomic E-state index is 12.8. The Morgan fingerprint density at radius 3 is 2.41 bits per heavy atom. The van der Waals surface area contributed by atoms with Gasteiger partial charge in [-0.1, -0.05) is 30.3 Å². The SMILES string of the molecule is O=C(N[C@@H](C(=O)c1ccccc1)[NH+]1CCCC1)c1ccco1. The van der Waals surface area contributed by atoms with Crippen molar-refractivity contribution in [1.29, 1.82) is 0 Å². The number of carbonyl (C=O) groups is 2. The highest BCUT2D eigenvalue weighted by Gasteiger charge is 2.34. The molecule has 3 rings (SSSR count). The van der Waals surface area contributed by atoms with Crippen LogP contribution >= 0.6 is 0 Å². The second-order valence-corrected chi connectivity index (χ2v) is 5.48. The highest BCUT2D eigenvalue weighted by atomic mass is 16.3. The molecule has 1 aromatic heterocycles. The van der Waals surface area contributed by atoms with Gasteiger partial charge in [0.1, 0.15) is 0 Å². The molecule has 1 aromatic carbocycles. The highest BCUT2D eigenvalue weighted by molar-refractivity contribution is 6.02. The average Bonchev–Trinajstić information content (AvgIpc) is 3.25. The third-order valence-electron chi connectivity index (χ3n) is 3.99. The predicted octanol–water partition coefficient (Wildman–Crippen LogP) is 0.897. The van der Waals surface area contributed by atoms with Crippen LogP contribution in [0.1, 0.15) is 33.8 Å². The second-order valence-electron chi connectivity index (χ2n) is 5.48. The van der Waals surface area contributed by atoms with E-state index >= 15 is 0 Å². The lowest BCUT2D eigenvalue weighted by Crippen LogP contribution is -3.17. The van der Waals surface area contributed by atoms with Gasteiger partial charge >= 0.3 is 0 Å². The Kier molecular flexibility index (Phi) is 4.34. The number of carbonyl (C=O) groups excluding carboxylic acids is 2. The number of amides is 1. The van der Waals surface area contributed by atoms with Crippen molar-refractivity contribution in [3.63, 3.8) is 0 Å². The lowest BCUT2D eigenvalue weighted by molar-refractivity contribution is -0.905. The molecule has 0 bridgehead atoms. The Labute approximate surface area is 128 Å². The minimum absolute atomic E-state index is 0.0580. The third kappa shape index (κ3) is 3.09. The number of furan rings is 1. The van der Waals surface area contributed by atoms with Gasteiger partial charge < -0.3 is 9.32 Å². The number of benzene rings is 1. The molecule has 5 heteroatoms. The molecule has 1 amide bonds. The summed E-state index contributed by atoms with van der Waals surface area (Å²) in [6.45, 7) is 1.78. The lowest BCUT2D eigenvalue weighted by atomic mass is 10.1. The maximum Gasteiger partial charge on any atom is 0.291 e. The Hall–Kier alpha value is -2.40. The maximum atomic E-state index is 12.8. The monoisotopic (exact) mass is 299 g/mol. The van der Waals surface area contributed by atoms with Crippen LogP contribution in [0.15, 0.2) is 53.1 Å². The molecule has 1 saturated heterocycles. The van der Waals surface area contributed by atoms with Crippen molar-refractivity contribution < 1.29 is 18.9 Å². The van der Waals surface area contributed by atoms with E-state index in [-0.39, 0.29) is 17.5 Å². The van der Waals surface area contributed by atoms with Gasteiger partial charge in [-0.25, -0.2) is 0 Å². The van der Waals surface area contributed by atoms with Crippen LogP contribution in [-0.2, 0) is 0 Å². The molecule has 114 valence electrons. The van der Waals surface area contributed by atoms with Gasteiger partial charge in [-0.2, -0.15) is 0 Å². The quantitative estimate of drug-likeness (QED) is 0.806. The molecule has 2 aromatic rings. The van der Waals surface area contributed by atoms with Gasteiger partial charge in [0.25, 0.3) is 5.91 Å². The number of likely N-dealkylation sites (tertiary alicyclic amines) is 1. The summed E-state index contributed by atoms with van der Waals surface area (Å²) in [6, 6.07) is 12.4. The zero-order valence-electron chi connectivity index (χ0n) is 12.2. The smallest absolute Gasteiger partial charge is 0.291 e. The summed E-state index contributed by atoms with van der Waals surface area (Å²) in [4.78, 5) is 26.1. The molecule has 0 unspecified atom stereocenters. The fraction of sp³-hybridized carbons (Fsp3) is 0.294. The van der Waals surface area contributed by atoms with Crippen LogP contribution in [0, 0.1) is 0 Å². The number of hydrogen-bond donors (Lipinski definition) is 2. The summed E-state index contributed by atoms with van der Waals surface area (Å²) in [5.41, 5.74) is 0.617. The zero-order chi connectivity index (χ0) is 15.4. The predicted molar refractivity (Wildman–Crippen MR) is 80.7 cm³/mol. The van der Waals surface area contributed by atoms with E-state index in [0.29, 0.717) is 5.56 Å². The molecule has 1 fully saturated rings. The standard InChI is InChI=1S/C17H18N2O3/c20-15(13-7-2-1-3-8-13)16(19-10-4-5-11-19)18-17(21)14-9-6-12-22-14/h1-3,6-9,12,16H,4-5,10-11H2,(H,18,21)/p+1/t16-/m1/s1. The Balaban J connectivity index is 1.81. The molecule has 0 radical (unpaired) electrons. The van der Waals surface area contributed by atoms with Crippen LogP contribution in [0.5, 0.6) is 0 Å². The van der Waals surface area contributed by atoms with Crippen molar-refractivity contribution in [3.8, 4) is 0 Å². The molecule has 22 heavy (non-hydrogen) atoms. The minimum Gasteiger partial charge on any atom is -0.459 e. The van der Waals surface area contributed by atoms with Crippen LogP contribution in [0.4, 0.5) is 0 Å². The van der Waals surface area contributed by atoms with Crippen LogP contribution in [-0.4, -0.2) is 30.9 Å². The van der Waals surface area contributed by atoms with E-state index in [0.717, 1.165) is 30.8 Å². The van der Waals surface area contributed by atoms with Gasteiger partial charge in [0.15, 0.2) is 5.76 Å². The van der Waals surface area contributed by atoms with Gasteiger partial charge in [0.2, 0.25) is 11.9 Å². The van der Waals surface area contributed by atoms with Crippen molar-refractivity contribution >= 4 is 11.7 Å². The van der Waals surface area contributed by atoms with Crippen molar-refractivity contribution in [2.24, 2.45) is 0 Å². The summed E-state index contributed by atoms with van der Waals surface area (Å²) >= 11 is 0. The van der Waals surface area contributed by atoms with Crippen molar-refractivity contribution in [2.45, 2.75) is 19.0 Å². The van der Waals surface area contributed by atoms with Crippen LogP contribution in [0.2, 0.25) is 0 Å². The van der Waals surface area contributed by atoms with Gasteiger partial charge in [0, 0.05) is 18.4 Å². The lowest BCUT2D eigenvalue weighted by Gasteiger charge is -2.23. The number of rotatable bonds is 5. The molecule has 1 aliphatic heterocycles. The first kappa shape index (κ1) is 14.5. The first-order valence-electron chi connectivity index (χ1n) is 7.54. The number of ketones is 1. The third-order valence-corrected chi connectivity index (χ3v) is 3.99. The fourth-order valence-electron chi connectivity index (χ4n) is 2.85. The van der Waals surface area contributed by atoms with E-state index in [9.17, 15) is 9.59 Å². The van der Waals surface area contributed by atoms with Gasteiger partial charge in [-0.15, -0.1) is 0 Å². The van der Waals surface area contributed by atoms with Crippen molar-refractivity contribution in [2.75, 3.05) is 13.1 Å².